The number of halogens is 2. The maximum absolute atomic E-state index is 13.5. The van der Waals surface area contributed by atoms with Crippen LogP contribution in [-0.2, 0) is 9.59 Å². The number of fused-ring (bicyclic) bond motifs is 2. The Bertz CT molecular complexity index is 1190. The maximum atomic E-state index is 13.5. The molecule has 3 atom stereocenters. The van der Waals surface area contributed by atoms with Gasteiger partial charge in [-0.3, -0.25) is 14.4 Å². The second-order valence-electron chi connectivity index (χ2n) is 6.79. The molecule has 2 aromatic carbocycles. The molecule has 146 valence electrons. The number of aromatic amines is 1. The molecule has 2 aliphatic rings. The minimum Gasteiger partial charge on any atom is -0.307 e. The van der Waals surface area contributed by atoms with Crippen LogP contribution < -0.4 is 9.77 Å². The molecule has 5 nitrogen and oxygen atoms in total. The number of imide groups is 1. The van der Waals surface area contributed by atoms with Gasteiger partial charge < -0.3 is 4.98 Å². The Hall–Kier alpha value is -2.23. The molecule has 1 N–H and O–H groups in total. The first kappa shape index (κ1) is 18.8. The van der Waals surface area contributed by atoms with Gasteiger partial charge in [0.15, 0.2) is 0 Å². The minimum atomic E-state index is -0.666. The van der Waals surface area contributed by atoms with Gasteiger partial charge in [-0.1, -0.05) is 51.2 Å². The van der Waals surface area contributed by atoms with Gasteiger partial charge in [-0.15, -0.1) is 0 Å². The Balaban J connectivity index is 1.64. The molecule has 5 rings (SSSR count). The Kier molecular flexibility index (Phi) is 4.49. The van der Waals surface area contributed by atoms with Crippen LogP contribution in [0.5, 0.6) is 0 Å². The number of aromatic nitrogens is 1. The van der Waals surface area contributed by atoms with Crippen LogP contribution in [0.4, 0.5) is 10.1 Å². The van der Waals surface area contributed by atoms with Crippen LogP contribution in [0.25, 0.3) is 0 Å². The van der Waals surface area contributed by atoms with E-state index in [1.54, 1.807) is 36.4 Å². The Morgan fingerprint density at radius 3 is 2.34 bits per heavy atom. The van der Waals surface area contributed by atoms with E-state index in [4.69, 9.17) is 0 Å². The molecule has 2 aliphatic heterocycles. The number of benzene rings is 2. The van der Waals surface area contributed by atoms with Crippen molar-refractivity contribution in [1.29, 1.82) is 0 Å². The molecular weight excluding hydrogens is 479 g/mol. The van der Waals surface area contributed by atoms with Gasteiger partial charge in [0.1, 0.15) is 11.1 Å². The smallest absolute Gasteiger partial charge is 0.305 e. The van der Waals surface area contributed by atoms with Gasteiger partial charge in [-0.2, -0.15) is 0 Å². The van der Waals surface area contributed by atoms with Crippen LogP contribution in [0, 0.1) is 11.7 Å². The second kappa shape index (κ2) is 6.93. The number of hydrogen-bond donors (Lipinski definition) is 1. The quantitative estimate of drug-likeness (QED) is 0.548. The number of thiazole rings is 1. The first-order valence-electron chi connectivity index (χ1n) is 8.72. The van der Waals surface area contributed by atoms with Gasteiger partial charge in [-0.25, -0.2) is 9.29 Å². The third-order valence-corrected chi connectivity index (χ3v) is 8.07. The van der Waals surface area contributed by atoms with Gasteiger partial charge in [0.05, 0.1) is 16.6 Å². The lowest BCUT2D eigenvalue weighted by Crippen LogP contribution is -2.32. The molecular formula is C20H12BrFN2O3S2. The zero-order valence-corrected chi connectivity index (χ0v) is 17.8. The third-order valence-electron chi connectivity index (χ3n) is 5.14. The van der Waals surface area contributed by atoms with E-state index in [0.717, 1.165) is 15.8 Å². The van der Waals surface area contributed by atoms with Crippen LogP contribution in [0.2, 0.25) is 0 Å². The van der Waals surface area contributed by atoms with Crippen molar-refractivity contribution in [2.75, 3.05) is 4.90 Å². The van der Waals surface area contributed by atoms with Crippen molar-refractivity contribution in [2.45, 2.75) is 16.2 Å². The fraction of sp³-hybridized carbons (Fsp3) is 0.150. The number of hydrogen-bond acceptors (Lipinski definition) is 5. The second-order valence-corrected chi connectivity index (χ2v) is 9.87. The predicted octanol–water partition coefficient (Wildman–Crippen LogP) is 4.13. The summed E-state index contributed by atoms with van der Waals surface area (Å²) in [4.78, 5) is 43.1. The average Bonchev–Trinajstić information content (AvgIpc) is 3.19. The van der Waals surface area contributed by atoms with Gasteiger partial charge in [-0.05, 0) is 42.0 Å². The number of carbonyl (C=O) groups is 2. The first-order chi connectivity index (χ1) is 13.9. The number of nitrogens with one attached hydrogen (secondary N) is 1. The lowest BCUT2D eigenvalue weighted by molar-refractivity contribution is -0.122. The molecule has 0 aliphatic carbocycles. The lowest BCUT2D eigenvalue weighted by Gasteiger charge is -2.29. The molecule has 1 aromatic heterocycles. The largest absolute Gasteiger partial charge is 0.307 e. The molecule has 3 aromatic rings. The van der Waals surface area contributed by atoms with E-state index in [1.807, 2.05) is 0 Å². The normalized spacial score (nSPS) is 23.2. The summed E-state index contributed by atoms with van der Waals surface area (Å²) in [5.41, 5.74) is 1.21. The van der Waals surface area contributed by atoms with Crippen molar-refractivity contribution in [2.24, 2.45) is 5.92 Å². The number of anilines is 1. The number of H-pyrrole nitrogens is 1. The molecule has 9 heteroatoms. The van der Waals surface area contributed by atoms with E-state index < -0.39 is 17.1 Å². The number of nitrogens with zero attached hydrogens (tertiary/aromatic N) is 1. The highest BCUT2D eigenvalue weighted by molar-refractivity contribution is 9.10. The van der Waals surface area contributed by atoms with Crippen LogP contribution >= 0.6 is 39.0 Å². The lowest BCUT2D eigenvalue weighted by atomic mass is 9.83. The Morgan fingerprint density at radius 2 is 1.66 bits per heavy atom. The van der Waals surface area contributed by atoms with E-state index in [9.17, 15) is 18.8 Å². The monoisotopic (exact) mass is 490 g/mol. The fourth-order valence-corrected chi connectivity index (χ4v) is 6.67. The van der Waals surface area contributed by atoms with E-state index >= 15 is 0 Å². The number of thioether (sulfide) groups is 1. The van der Waals surface area contributed by atoms with Crippen molar-refractivity contribution < 1.29 is 14.0 Å². The van der Waals surface area contributed by atoms with Crippen LogP contribution in [0.15, 0.2) is 62.8 Å². The molecule has 0 spiro atoms. The van der Waals surface area contributed by atoms with Crippen molar-refractivity contribution in [3.05, 3.63) is 78.9 Å². The topological polar surface area (TPSA) is 70.2 Å². The molecule has 1 fully saturated rings. The van der Waals surface area contributed by atoms with Crippen molar-refractivity contribution >= 4 is 56.5 Å². The molecule has 3 heterocycles. The van der Waals surface area contributed by atoms with Gasteiger partial charge in [0.25, 0.3) is 0 Å². The summed E-state index contributed by atoms with van der Waals surface area (Å²) in [6.07, 6.45) is 0. The van der Waals surface area contributed by atoms with Gasteiger partial charge in [0.2, 0.25) is 11.8 Å². The highest BCUT2D eigenvalue weighted by Gasteiger charge is 2.56. The van der Waals surface area contributed by atoms with Crippen molar-refractivity contribution in [3.63, 3.8) is 0 Å². The molecule has 0 radical (unpaired) electrons. The van der Waals surface area contributed by atoms with E-state index in [-0.39, 0.29) is 22.5 Å². The van der Waals surface area contributed by atoms with Crippen molar-refractivity contribution in [3.8, 4) is 0 Å². The predicted molar refractivity (Wildman–Crippen MR) is 113 cm³/mol. The van der Waals surface area contributed by atoms with Gasteiger partial charge >= 0.3 is 4.87 Å². The van der Waals surface area contributed by atoms with E-state index in [0.29, 0.717) is 21.2 Å². The fourth-order valence-electron chi connectivity index (χ4n) is 3.89. The summed E-state index contributed by atoms with van der Waals surface area (Å²) in [5.74, 6) is -2.16. The molecule has 2 amide bonds. The maximum Gasteiger partial charge on any atom is 0.305 e. The summed E-state index contributed by atoms with van der Waals surface area (Å²) >= 11 is 5.61. The number of carbonyl (C=O) groups excluding carboxylic acids is 2. The molecule has 0 unspecified atom stereocenters. The van der Waals surface area contributed by atoms with Crippen LogP contribution in [0.1, 0.15) is 16.4 Å². The van der Waals surface area contributed by atoms with Crippen LogP contribution in [0.3, 0.4) is 0 Å². The first-order valence-corrected chi connectivity index (χ1v) is 11.2. The zero-order chi connectivity index (χ0) is 20.3. The molecule has 0 bridgehead atoms. The van der Waals surface area contributed by atoms with E-state index in [1.165, 1.54) is 28.8 Å². The zero-order valence-electron chi connectivity index (χ0n) is 14.6. The summed E-state index contributed by atoms with van der Waals surface area (Å²) in [6, 6.07) is 12.9. The number of rotatable bonds is 2. The average molecular weight is 491 g/mol. The Morgan fingerprint density at radius 1 is 0.966 bits per heavy atom. The van der Waals surface area contributed by atoms with Crippen LogP contribution in [-0.4, -0.2) is 22.0 Å². The summed E-state index contributed by atoms with van der Waals surface area (Å²) in [5, 5.41) is -0.0478. The highest BCUT2D eigenvalue weighted by Crippen LogP contribution is 2.53. The molecule has 1 saturated heterocycles. The molecule has 29 heavy (non-hydrogen) atoms. The third kappa shape index (κ3) is 2.99. The van der Waals surface area contributed by atoms with E-state index in [2.05, 4.69) is 20.9 Å². The molecule has 0 saturated carbocycles. The summed E-state index contributed by atoms with van der Waals surface area (Å²) in [6.45, 7) is 0. The SMILES string of the molecule is O=C1[C@H]2[C@H](c3ccc(F)cc3)c3sc(=O)[nH]c3S[C@H]2C(=O)N1c1ccc(Br)cc1. The minimum absolute atomic E-state index is 0.237. The standard InChI is InChI=1S/C20H12BrFN2O3S2/c21-10-3-7-12(8-4-10)24-18(25)14-13(9-1-5-11(22)6-2-9)15-17(23-20(27)29-15)28-16(14)19(24)26/h1-8,13-14,16H,(H,23,27)/t13-,14-,16+/m0/s1. The number of amides is 2. The highest BCUT2D eigenvalue weighted by atomic mass is 79.9. The summed E-state index contributed by atoms with van der Waals surface area (Å²) < 4.78 is 14.3. The summed E-state index contributed by atoms with van der Waals surface area (Å²) in [7, 11) is 0. The van der Waals surface area contributed by atoms with Crippen molar-refractivity contribution in [1.82, 2.24) is 4.98 Å². The Labute approximate surface area is 181 Å². The van der Waals surface area contributed by atoms with Gasteiger partial charge in [0, 0.05) is 15.3 Å².